The molecule has 0 atom stereocenters. The van der Waals surface area contributed by atoms with Gasteiger partial charge in [-0.3, -0.25) is 19.9 Å². The topological polar surface area (TPSA) is 113 Å². The maximum Gasteiger partial charge on any atom is 0.290 e. The van der Waals surface area contributed by atoms with Crippen molar-refractivity contribution in [2.75, 3.05) is 24.5 Å². The Morgan fingerprint density at radius 1 is 1.23 bits per heavy atom. The number of halogens is 1. The van der Waals surface area contributed by atoms with E-state index in [2.05, 4.69) is 30.5 Å². The van der Waals surface area contributed by atoms with E-state index in [4.69, 9.17) is 4.42 Å². The third-order valence-corrected chi connectivity index (χ3v) is 6.69. The van der Waals surface area contributed by atoms with Crippen LogP contribution in [0.15, 0.2) is 52.3 Å². The number of aromatic nitrogens is 3. The van der Waals surface area contributed by atoms with Crippen LogP contribution in [0, 0.1) is 11.7 Å². The van der Waals surface area contributed by atoms with Crippen molar-refractivity contribution < 1.29 is 18.4 Å². The molecular weight excluding hydrogens is 471 g/mol. The quantitative estimate of drug-likeness (QED) is 0.476. The number of carbonyl (C=O) groups excluding carboxylic acids is 2. The molecule has 35 heavy (non-hydrogen) atoms. The van der Waals surface area contributed by atoms with Gasteiger partial charge >= 0.3 is 0 Å². The first-order valence-electron chi connectivity index (χ1n) is 11.3. The van der Waals surface area contributed by atoms with Crippen LogP contribution in [0.5, 0.6) is 0 Å². The molecule has 5 rings (SSSR count). The number of piperidine rings is 1. The zero-order valence-corrected chi connectivity index (χ0v) is 19.6. The summed E-state index contributed by atoms with van der Waals surface area (Å²) in [5, 5.41) is 5.27. The van der Waals surface area contributed by atoms with E-state index in [1.54, 1.807) is 36.9 Å². The smallest absolute Gasteiger partial charge is 0.290 e. The summed E-state index contributed by atoms with van der Waals surface area (Å²) in [5.74, 6) is 0.358. The van der Waals surface area contributed by atoms with Crippen LogP contribution in [0.1, 0.15) is 24.2 Å². The van der Waals surface area contributed by atoms with Gasteiger partial charge in [-0.1, -0.05) is 0 Å². The molecule has 2 saturated heterocycles. The molecule has 11 heteroatoms. The number of hydrogen-bond acceptors (Lipinski definition) is 9. The summed E-state index contributed by atoms with van der Waals surface area (Å²) in [7, 11) is 0. The molecule has 9 nitrogen and oxygen atoms in total. The number of pyridine rings is 1. The predicted octanol–water partition coefficient (Wildman–Crippen LogP) is 3.60. The highest BCUT2D eigenvalue weighted by Gasteiger charge is 2.25. The summed E-state index contributed by atoms with van der Waals surface area (Å²) in [5.41, 5.74) is 2.54. The van der Waals surface area contributed by atoms with E-state index >= 15 is 0 Å². The zero-order chi connectivity index (χ0) is 24.2. The SMILES string of the molecule is O=C1NC(=O)C(=Cc2ccnc(N3CCC(CNCc4cc(F)cc(-c5ccoc5)n4)CC3)n2)S1. The lowest BCUT2D eigenvalue weighted by molar-refractivity contribution is -0.115. The molecule has 0 aliphatic carbocycles. The number of nitrogens with zero attached hydrogens (tertiary/aromatic N) is 4. The lowest BCUT2D eigenvalue weighted by Crippen LogP contribution is -2.38. The van der Waals surface area contributed by atoms with Gasteiger partial charge in [-0.15, -0.1) is 0 Å². The molecule has 0 spiro atoms. The lowest BCUT2D eigenvalue weighted by Gasteiger charge is -2.32. The van der Waals surface area contributed by atoms with Crippen LogP contribution in [-0.4, -0.2) is 45.7 Å². The Kier molecular flexibility index (Phi) is 6.87. The van der Waals surface area contributed by atoms with Crippen LogP contribution in [0.25, 0.3) is 17.3 Å². The van der Waals surface area contributed by atoms with Crippen molar-refractivity contribution in [1.29, 1.82) is 0 Å². The highest BCUT2D eigenvalue weighted by atomic mass is 32.2. The van der Waals surface area contributed by atoms with Gasteiger partial charge in [0.15, 0.2) is 0 Å². The number of imide groups is 1. The van der Waals surface area contributed by atoms with Crippen LogP contribution in [0.3, 0.4) is 0 Å². The molecule has 0 bridgehead atoms. The first-order valence-corrected chi connectivity index (χ1v) is 12.1. The Morgan fingerprint density at radius 3 is 2.83 bits per heavy atom. The second kappa shape index (κ2) is 10.4. The second-order valence-corrected chi connectivity index (χ2v) is 9.38. The van der Waals surface area contributed by atoms with Crippen molar-refractivity contribution in [2.24, 2.45) is 5.92 Å². The van der Waals surface area contributed by atoms with Gasteiger partial charge in [-0.25, -0.2) is 14.4 Å². The predicted molar refractivity (Wildman–Crippen MR) is 130 cm³/mol. The Morgan fingerprint density at radius 2 is 2.09 bits per heavy atom. The van der Waals surface area contributed by atoms with Gasteiger partial charge in [0.2, 0.25) is 5.95 Å². The summed E-state index contributed by atoms with van der Waals surface area (Å²) in [6.07, 6.45) is 8.28. The number of furan rings is 1. The van der Waals surface area contributed by atoms with Gasteiger partial charge in [0.1, 0.15) is 5.82 Å². The Hall–Kier alpha value is -3.57. The molecule has 2 aliphatic rings. The number of hydrogen-bond donors (Lipinski definition) is 2. The van der Waals surface area contributed by atoms with Crippen LogP contribution < -0.4 is 15.5 Å². The summed E-state index contributed by atoms with van der Waals surface area (Å²) in [4.78, 5) is 39.0. The van der Waals surface area contributed by atoms with E-state index in [-0.39, 0.29) is 11.1 Å². The number of rotatable bonds is 7. The highest BCUT2D eigenvalue weighted by molar-refractivity contribution is 8.18. The van der Waals surface area contributed by atoms with Gasteiger partial charge in [-0.2, -0.15) is 0 Å². The van der Waals surface area contributed by atoms with Gasteiger partial charge in [-0.05, 0) is 61.3 Å². The number of thioether (sulfide) groups is 1. The summed E-state index contributed by atoms with van der Waals surface area (Å²) in [6.45, 7) is 2.91. The van der Waals surface area contributed by atoms with Crippen LogP contribution in [0.4, 0.5) is 15.1 Å². The first kappa shape index (κ1) is 23.2. The number of nitrogens with one attached hydrogen (secondary N) is 2. The van der Waals surface area contributed by atoms with Gasteiger partial charge in [0.25, 0.3) is 11.1 Å². The minimum atomic E-state index is -0.403. The molecule has 3 aromatic rings. The molecule has 2 fully saturated rings. The molecule has 0 aromatic carbocycles. The standard InChI is InChI=1S/C24H23FN6O3S/c25-17-9-19(28-20(10-17)16-4-8-34-14-16)13-26-12-15-2-6-31(7-3-15)23-27-5-1-18(29-23)11-21-22(32)30-24(33)35-21/h1,4-5,8-11,14-15,26H,2-3,6-7,12-13H2,(H,30,32,33). The molecule has 0 unspecified atom stereocenters. The maximum absolute atomic E-state index is 14.0. The van der Waals surface area contributed by atoms with Crippen LogP contribution in [0.2, 0.25) is 0 Å². The fourth-order valence-corrected chi connectivity index (χ4v) is 4.76. The highest BCUT2D eigenvalue weighted by Crippen LogP contribution is 2.26. The number of anilines is 1. The van der Waals surface area contributed by atoms with E-state index in [1.165, 1.54) is 12.1 Å². The minimum Gasteiger partial charge on any atom is -0.472 e. The average Bonchev–Trinajstić information content (AvgIpc) is 3.49. The van der Waals surface area contributed by atoms with Crippen molar-refractivity contribution in [2.45, 2.75) is 19.4 Å². The molecular formula is C24H23FN6O3S. The summed E-state index contributed by atoms with van der Waals surface area (Å²) >= 11 is 0.868. The first-order chi connectivity index (χ1) is 17.0. The molecule has 2 amide bonds. The van der Waals surface area contributed by atoms with Crippen LogP contribution >= 0.6 is 11.8 Å². The van der Waals surface area contributed by atoms with E-state index in [0.29, 0.717) is 40.4 Å². The number of amides is 2. The summed E-state index contributed by atoms with van der Waals surface area (Å²) < 4.78 is 19.1. The van der Waals surface area contributed by atoms with E-state index in [0.717, 1.165) is 49.8 Å². The molecule has 0 radical (unpaired) electrons. The van der Waals surface area contributed by atoms with Gasteiger partial charge in [0, 0.05) is 37.5 Å². The molecule has 0 saturated carbocycles. The van der Waals surface area contributed by atoms with Gasteiger partial charge < -0.3 is 14.6 Å². The van der Waals surface area contributed by atoms with Crippen molar-refractivity contribution in [3.63, 3.8) is 0 Å². The molecule has 3 aromatic heterocycles. The Labute approximate surface area is 205 Å². The molecule has 2 aliphatic heterocycles. The van der Waals surface area contributed by atoms with Crippen molar-refractivity contribution in [3.05, 3.63) is 65.1 Å². The number of carbonyl (C=O) groups is 2. The third kappa shape index (κ3) is 5.75. The minimum absolute atomic E-state index is 0.321. The second-order valence-electron chi connectivity index (χ2n) is 8.37. The van der Waals surface area contributed by atoms with E-state index in [1.807, 2.05) is 0 Å². The molecule has 5 heterocycles. The molecule has 180 valence electrons. The monoisotopic (exact) mass is 494 g/mol. The normalized spacial score (nSPS) is 17.9. The fourth-order valence-electron chi connectivity index (χ4n) is 4.09. The molecule has 2 N–H and O–H groups in total. The summed E-state index contributed by atoms with van der Waals surface area (Å²) in [6, 6.07) is 6.32. The van der Waals surface area contributed by atoms with Crippen molar-refractivity contribution in [3.8, 4) is 11.3 Å². The van der Waals surface area contributed by atoms with E-state index in [9.17, 15) is 14.0 Å². The Bertz CT molecular complexity index is 1260. The largest absolute Gasteiger partial charge is 0.472 e. The van der Waals surface area contributed by atoms with Crippen LogP contribution in [-0.2, 0) is 11.3 Å². The zero-order valence-electron chi connectivity index (χ0n) is 18.7. The third-order valence-electron chi connectivity index (χ3n) is 5.88. The average molecular weight is 495 g/mol. The fraction of sp³-hybridized carbons (Fsp3) is 0.292. The Balaban J connectivity index is 1.12. The maximum atomic E-state index is 14.0. The lowest BCUT2D eigenvalue weighted by atomic mass is 9.97. The van der Waals surface area contributed by atoms with Gasteiger partial charge in [0.05, 0.1) is 34.5 Å². The van der Waals surface area contributed by atoms with Crippen molar-refractivity contribution in [1.82, 2.24) is 25.6 Å². The van der Waals surface area contributed by atoms with E-state index < -0.39 is 5.91 Å². The van der Waals surface area contributed by atoms with Crippen molar-refractivity contribution >= 4 is 34.9 Å².